The molecule has 0 aromatic heterocycles. The standard InChI is InChI=1S/C8H4BrClINO3/c9-3-6(13)7-4(11)1-2-5(8(7)10)12(14)15/h1-2H,3H2. The van der Waals surface area contributed by atoms with Crippen molar-refractivity contribution in [2.45, 2.75) is 0 Å². The fourth-order valence-electron chi connectivity index (χ4n) is 1.00. The molecule has 7 heteroatoms. The molecule has 0 heterocycles. The van der Waals surface area contributed by atoms with Gasteiger partial charge in [-0.3, -0.25) is 14.9 Å². The highest BCUT2D eigenvalue weighted by Gasteiger charge is 2.22. The van der Waals surface area contributed by atoms with Gasteiger partial charge in [-0.2, -0.15) is 0 Å². The molecule has 0 amide bonds. The summed E-state index contributed by atoms with van der Waals surface area (Å²) in [5.74, 6) is -0.270. The van der Waals surface area contributed by atoms with E-state index in [4.69, 9.17) is 11.6 Å². The van der Waals surface area contributed by atoms with E-state index in [-0.39, 0.29) is 27.4 Å². The van der Waals surface area contributed by atoms with Crippen LogP contribution >= 0.6 is 50.1 Å². The Morgan fingerprint density at radius 2 is 2.20 bits per heavy atom. The van der Waals surface area contributed by atoms with Gasteiger partial charge in [0.25, 0.3) is 5.69 Å². The highest BCUT2D eigenvalue weighted by Crippen LogP contribution is 2.31. The predicted octanol–water partition coefficient (Wildman–Crippen LogP) is 3.43. The van der Waals surface area contributed by atoms with E-state index in [0.29, 0.717) is 3.57 Å². The number of nitro groups is 1. The molecule has 4 nitrogen and oxygen atoms in total. The Balaban J connectivity index is 3.43. The number of carbonyl (C=O) groups excluding carboxylic acids is 1. The van der Waals surface area contributed by atoms with Gasteiger partial charge in [0.2, 0.25) is 0 Å². The van der Waals surface area contributed by atoms with E-state index in [0.717, 1.165) is 0 Å². The van der Waals surface area contributed by atoms with E-state index in [1.807, 2.05) is 22.6 Å². The highest BCUT2D eigenvalue weighted by molar-refractivity contribution is 14.1. The number of Topliss-reactive ketones (excluding diaryl/α,β-unsaturated/α-hetero) is 1. The molecular weight excluding hydrogens is 400 g/mol. The maximum absolute atomic E-state index is 11.5. The average molecular weight is 404 g/mol. The average Bonchev–Trinajstić information content (AvgIpc) is 2.16. The van der Waals surface area contributed by atoms with Crippen LogP contribution in [-0.4, -0.2) is 16.0 Å². The second-order valence-corrected chi connectivity index (χ2v) is 4.67. The quantitative estimate of drug-likeness (QED) is 0.255. The van der Waals surface area contributed by atoms with Gasteiger partial charge in [0, 0.05) is 9.64 Å². The molecule has 0 atom stereocenters. The third-order valence-electron chi connectivity index (χ3n) is 1.67. The third-order valence-corrected chi connectivity index (χ3v) is 3.46. The van der Waals surface area contributed by atoms with Crippen molar-refractivity contribution in [3.63, 3.8) is 0 Å². The van der Waals surface area contributed by atoms with E-state index in [1.165, 1.54) is 12.1 Å². The lowest BCUT2D eigenvalue weighted by atomic mass is 10.1. The molecule has 0 radical (unpaired) electrons. The summed E-state index contributed by atoms with van der Waals surface area (Å²) in [7, 11) is 0. The van der Waals surface area contributed by atoms with Gasteiger partial charge in [-0.25, -0.2) is 0 Å². The number of nitro benzene ring substituents is 1. The van der Waals surface area contributed by atoms with Crippen LogP contribution in [0.15, 0.2) is 12.1 Å². The number of alkyl halides is 1. The Bertz CT molecular complexity index is 438. The van der Waals surface area contributed by atoms with Crippen LogP contribution in [0.1, 0.15) is 10.4 Å². The molecule has 15 heavy (non-hydrogen) atoms. The molecule has 1 aromatic rings. The number of benzene rings is 1. The fraction of sp³-hybridized carbons (Fsp3) is 0.125. The number of carbonyl (C=O) groups is 1. The molecular formula is C8H4BrClINO3. The van der Waals surface area contributed by atoms with Crippen molar-refractivity contribution < 1.29 is 9.72 Å². The van der Waals surface area contributed by atoms with Crippen LogP contribution in [0.25, 0.3) is 0 Å². The zero-order valence-corrected chi connectivity index (χ0v) is 11.7. The van der Waals surface area contributed by atoms with E-state index < -0.39 is 4.92 Å². The van der Waals surface area contributed by atoms with Crippen LogP contribution in [0.2, 0.25) is 5.02 Å². The molecule has 0 fully saturated rings. The minimum atomic E-state index is -0.608. The Kier molecular flexibility index (Phi) is 4.47. The first-order chi connectivity index (χ1) is 6.99. The van der Waals surface area contributed by atoms with Crippen LogP contribution in [-0.2, 0) is 0 Å². The molecule has 0 saturated carbocycles. The van der Waals surface area contributed by atoms with Gasteiger partial charge >= 0.3 is 0 Å². The first-order valence-electron chi connectivity index (χ1n) is 3.70. The third kappa shape index (κ3) is 2.67. The van der Waals surface area contributed by atoms with Crippen LogP contribution in [0, 0.1) is 13.7 Å². The number of ketones is 1. The predicted molar refractivity (Wildman–Crippen MR) is 68.9 cm³/mol. The molecule has 0 bridgehead atoms. The molecule has 0 saturated heterocycles. The Morgan fingerprint density at radius 3 is 2.67 bits per heavy atom. The molecule has 0 aliphatic heterocycles. The number of hydrogen-bond donors (Lipinski definition) is 0. The first kappa shape index (κ1) is 12.9. The summed E-state index contributed by atoms with van der Waals surface area (Å²) in [6.07, 6.45) is 0. The lowest BCUT2D eigenvalue weighted by molar-refractivity contribution is -0.384. The maximum Gasteiger partial charge on any atom is 0.288 e. The van der Waals surface area contributed by atoms with Crippen LogP contribution in [0.4, 0.5) is 5.69 Å². The summed E-state index contributed by atoms with van der Waals surface area (Å²) >= 11 is 10.7. The number of hydrogen-bond acceptors (Lipinski definition) is 3. The van der Waals surface area contributed by atoms with Gasteiger partial charge in [-0.1, -0.05) is 27.5 Å². The molecule has 0 N–H and O–H groups in total. The van der Waals surface area contributed by atoms with Crippen molar-refractivity contribution in [3.05, 3.63) is 36.4 Å². The molecule has 1 rings (SSSR count). The molecule has 0 spiro atoms. The van der Waals surface area contributed by atoms with Crippen LogP contribution in [0.3, 0.4) is 0 Å². The van der Waals surface area contributed by atoms with Crippen molar-refractivity contribution >= 4 is 61.6 Å². The summed E-state index contributed by atoms with van der Waals surface area (Å²) in [6.45, 7) is 0. The molecule has 0 unspecified atom stereocenters. The van der Waals surface area contributed by atoms with Gasteiger partial charge in [0.15, 0.2) is 5.78 Å². The number of nitrogens with zero attached hydrogens (tertiary/aromatic N) is 1. The fourth-order valence-corrected chi connectivity index (χ4v) is 2.53. The van der Waals surface area contributed by atoms with Gasteiger partial charge in [0.1, 0.15) is 5.02 Å². The van der Waals surface area contributed by atoms with Gasteiger partial charge in [-0.15, -0.1) is 0 Å². The van der Waals surface area contributed by atoms with Crippen molar-refractivity contribution in [1.29, 1.82) is 0 Å². The smallest absolute Gasteiger partial charge is 0.288 e. The van der Waals surface area contributed by atoms with E-state index in [9.17, 15) is 14.9 Å². The largest absolute Gasteiger partial charge is 0.293 e. The van der Waals surface area contributed by atoms with Crippen molar-refractivity contribution in [2.24, 2.45) is 0 Å². The van der Waals surface area contributed by atoms with E-state index in [2.05, 4.69) is 15.9 Å². The monoisotopic (exact) mass is 403 g/mol. The molecule has 1 aromatic carbocycles. The van der Waals surface area contributed by atoms with Crippen LogP contribution in [0.5, 0.6) is 0 Å². The second-order valence-electron chi connectivity index (χ2n) is 2.57. The zero-order chi connectivity index (χ0) is 11.6. The van der Waals surface area contributed by atoms with E-state index >= 15 is 0 Å². The van der Waals surface area contributed by atoms with Crippen molar-refractivity contribution in [1.82, 2.24) is 0 Å². The minimum Gasteiger partial charge on any atom is -0.293 e. The lowest BCUT2D eigenvalue weighted by Gasteiger charge is -2.04. The summed E-state index contributed by atoms with van der Waals surface area (Å²) in [5.41, 5.74) is -0.0512. The SMILES string of the molecule is O=C(CBr)c1c(I)ccc([N+](=O)[O-])c1Cl. The highest BCUT2D eigenvalue weighted by atomic mass is 127. The van der Waals surface area contributed by atoms with Gasteiger partial charge in [0.05, 0.1) is 15.8 Å². The topological polar surface area (TPSA) is 60.2 Å². The Labute approximate surface area is 112 Å². The summed E-state index contributed by atoms with van der Waals surface area (Å²) in [4.78, 5) is 21.5. The lowest BCUT2D eigenvalue weighted by Crippen LogP contribution is -2.05. The molecule has 0 aliphatic rings. The van der Waals surface area contributed by atoms with Crippen molar-refractivity contribution in [2.75, 3.05) is 5.33 Å². The summed E-state index contributed by atoms with van der Waals surface area (Å²) < 4.78 is 0.604. The number of rotatable bonds is 3. The normalized spacial score (nSPS) is 10.1. The van der Waals surface area contributed by atoms with Crippen molar-refractivity contribution in [3.8, 4) is 0 Å². The van der Waals surface area contributed by atoms with Gasteiger partial charge < -0.3 is 0 Å². The Hall–Kier alpha value is -0.210. The molecule has 0 aliphatic carbocycles. The number of halogens is 3. The Morgan fingerprint density at radius 1 is 1.60 bits per heavy atom. The van der Waals surface area contributed by atoms with Gasteiger partial charge in [-0.05, 0) is 28.7 Å². The zero-order valence-electron chi connectivity index (χ0n) is 7.17. The van der Waals surface area contributed by atoms with E-state index in [1.54, 1.807) is 0 Å². The minimum absolute atomic E-state index is 0.0872. The second kappa shape index (κ2) is 5.22. The summed E-state index contributed by atoms with van der Waals surface area (Å²) in [6, 6.07) is 2.79. The molecule has 80 valence electrons. The first-order valence-corrected chi connectivity index (χ1v) is 6.28. The maximum atomic E-state index is 11.5. The van der Waals surface area contributed by atoms with Crippen LogP contribution < -0.4 is 0 Å². The summed E-state index contributed by atoms with van der Waals surface area (Å²) in [5, 5.41) is 10.6.